The first-order valence-corrected chi connectivity index (χ1v) is 6.86. The van der Waals surface area contributed by atoms with Gasteiger partial charge in [0.1, 0.15) is 5.75 Å². The predicted octanol–water partition coefficient (Wildman–Crippen LogP) is 3.74. The second kappa shape index (κ2) is 6.07. The first-order valence-electron chi connectivity index (χ1n) is 6.86. The number of aryl methyl sites for hydroxylation is 2. The molecule has 0 heterocycles. The first-order chi connectivity index (χ1) is 9.09. The summed E-state index contributed by atoms with van der Waals surface area (Å²) in [5.41, 5.74) is 5.17. The van der Waals surface area contributed by atoms with E-state index in [9.17, 15) is 0 Å². The van der Waals surface area contributed by atoms with E-state index in [1.54, 1.807) is 0 Å². The minimum Gasteiger partial charge on any atom is -0.493 e. The van der Waals surface area contributed by atoms with Crippen molar-refractivity contribution >= 4 is 0 Å². The molecule has 2 aliphatic rings. The fraction of sp³-hybridized carbons (Fsp3) is 0.412. The molecule has 0 fully saturated rings. The lowest BCUT2D eigenvalue weighted by atomic mass is 10.1. The molecule has 0 aromatic carbocycles. The Kier molecular flexibility index (Phi) is 4.43. The summed E-state index contributed by atoms with van der Waals surface area (Å²) in [6.45, 7) is 6.13. The van der Waals surface area contributed by atoms with Crippen LogP contribution in [0.25, 0.3) is 11.1 Å². The molecule has 0 saturated carbocycles. The molecule has 0 aromatic heterocycles. The fourth-order valence-electron chi connectivity index (χ4n) is 2.49. The summed E-state index contributed by atoms with van der Waals surface area (Å²) >= 11 is 0. The normalized spacial score (nSPS) is 11.2. The molecule has 0 unspecified atom stereocenters. The summed E-state index contributed by atoms with van der Waals surface area (Å²) in [7, 11) is 4.18. The van der Waals surface area contributed by atoms with Gasteiger partial charge in [-0.15, -0.1) is 0 Å². The van der Waals surface area contributed by atoms with Crippen LogP contribution in [0.2, 0.25) is 0 Å². The molecule has 19 heavy (non-hydrogen) atoms. The SMILES string of the molecule is Cc1cc(C)c2c(OCCCN(C)C)ccccc1-2. The van der Waals surface area contributed by atoms with Crippen LogP contribution < -0.4 is 4.74 Å². The molecule has 0 aromatic rings. The summed E-state index contributed by atoms with van der Waals surface area (Å²) in [6, 6.07) is 10.6. The zero-order valence-corrected chi connectivity index (χ0v) is 12.4. The monoisotopic (exact) mass is 257 g/mol. The van der Waals surface area contributed by atoms with E-state index in [-0.39, 0.29) is 0 Å². The van der Waals surface area contributed by atoms with Crippen molar-refractivity contribution < 1.29 is 4.74 Å². The maximum Gasteiger partial charge on any atom is 0.127 e. The number of rotatable bonds is 5. The van der Waals surface area contributed by atoms with Crippen LogP contribution in [0.4, 0.5) is 0 Å². The van der Waals surface area contributed by atoms with Crippen molar-refractivity contribution in [3.05, 3.63) is 41.5 Å². The Morgan fingerprint density at radius 3 is 2.53 bits per heavy atom. The Labute approximate surface area is 116 Å². The second-order valence-corrected chi connectivity index (χ2v) is 5.39. The highest BCUT2D eigenvalue weighted by atomic mass is 16.5. The van der Waals surface area contributed by atoms with Crippen molar-refractivity contribution in [1.82, 2.24) is 4.90 Å². The number of hydrogen-bond donors (Lipinski definition) is 0. The van der Waals surface area contributed by atoms with E-state index in [1.165, 1.54) is 22.3 Å². The molecule has 0 saturated heterocycles. The highest BCUT2D eigenvalue weighted by Crippen LogP contribution is 2.38. The van der Waals surface area contributed by atoms with Crippen molar-refractivity contribution in [3.63, 3.8) is 0 Å². The Morgan fingerprint density at radius 1 is 1.05 bits per heavy atom. The topological polar surface area (TPSA) is 12.5 Å². The highest BCUT2D eigenvalue weighted by Gasteiger charge is 2.14. The molecular formula is C17H23NO. The van der Waals surface area contributed by atoms with Crippen LogP contribution >= 0.6 is 0 Å². The Balaban J connectivity index is 2.17. The highest BCUT2D eigenvalue weighted by molar-refractivity contribution is 5.79. The molecule has 0 spiro atoms. The average Bonchev–Trinajstić information content (AvgIpc) is 2.53. The standard InChI is InChI=1S/C17H23NO/c1-13-12-14(2)17-15(13)8-5-6-9-16(17)19-11-7-10-18(3)4/h5-6,8-9,12H,7,10-11H2,1-4H3. The fourth-order valence-corrected chi connectivity index (χ4v) is 2.49. The molecule has 2 heteroatoms. The molecule has 0 amide bonds. The third-order valence-corrected chi connectivity index (χ3v) is 3.40. The van der Waals surface area contributed by atoms with Gasteiger partial charge in [-0.05, 0) is 57.1 Å². The number of nitrogens with zero attached hydrogens (tertiary/aromatic N) is 1. The van der Waals surface area contributed by atoms with Crippen LogP contribution in [0.5, 0.6) is 5.75 Å². The van der Waals surface area contributed by atoms with Gasteiger partial charge in [0.25, 0.3) is 0 Å². The molecule has 0 bridgehead atoms. The van der Waals surface area contributed by atoms with Crippen molar-refractivity contribution in [2.75, 3.05) is 27.2 Å². The predicted molar refractivity (Wildman–Crippen MR) is 81.2 cm³/mol. The third-order valence-electron chi connectivity index (χ3n) is 3.40. The van der Waals surface area contributed by atoms with Gasteiger partial charge in [-0.3, -0.25) is 0 Å². The third kappa shape index (κ3) is 3.27. The van der Waals surface area contributed by atoms with Crippen LogP contribution in [0, 0.1) is 13.8 Å². The van der Waals surface area contributed by atoms with E-state index in [0.29, 0.717) is 0 Å². The van der Waals surface area contributed by atoms with Gasteiger partial charge in [0.05, 0.1) is 6.61 Å². The summed E-state index contributed by atoms with van der Waals surface area (Å²) in [4.78, 5) is 2.18. The molecule has 2 rings (SSSR count). The van der Waals surface area contributed by atoms with E-state index >= 15 is 0 Å². The first kappa shape index (κ1) is 13.9. The zero-order chi connectivity index (χ0) is 13.8. The molecule has 0 atom stereocenters. The van der Waals surface area contributed by atoms with Crippen LogP contribution in [0.15, 0.2) is 30.3 Å². The Bertz CT molecular complexity index is 519. The van der Waals surface area contributed by atoms with Gasteiger partial charge in [-0.1, -0.05) is 24.3 Å². The maximum absolute atomic E-state index is 6.00. The lowest BCUT2D eigenvalue weighted by molar-refractivity contribution is 0.282. The van der Waals surface area contributed by atoms with Crippen molar-refractivity contribution in [2.24, 2.45) is 0 Å². The van der Waals surface area contributed by atoms with Gasteiger partial charge in [0, 0.05) is 12.1 Å². The van der Waals surface area contributed by atoms with E-state index in [0.717, 1.165) is 25.3 Å². The lowest BCUT2D eigenvalue weighted by Gasteiger charge is -2.12. The van der Waals surface area contributed by atoms with Crippen molar-refractivity contribution in [2.45, 2.75) is 20.3 Å². The zero-order valence-electron chi connectivity index (χ0n) is 12.4. The Morgan fingerprint density at radius 2 is 1.79 bits per heavy atom. The average molecular weight is 257 g/mol. The minimum atomic E-state index is 0.765. The van der Waals surface area contributed by atoms with Crippen LogP contribution in [0.1, 0.15) is 17.5 Å². The second-order valence-electron chi connectivity index (χ2n) is 5.39. The molecule has 0 N–H and O–H groups in total. The van der Waals surface area contributed by atoms with Crippen molar-refractivity contribution in [3.8, 4) is 16.9 Å². The molecule has 2 aliphatic carbocycles. The quantitative estimate of drug-likeness (QED) is 0.757. The van der Waals surface area contributed by atoms with E-state index in [1.807, 2.05) is 0 Å². The Hall–Kier alpha value is -1.54. The number of ether oxygens (including phenoxy) is 1. The van der Waals surface area contributed by atoms with Gasteiger partial charge >= 0.3 is 0 Å². The van der Waals surface area contributed by atoms with E-state index in [2.05, 4.69) is 63.2 Å². The summed E-state index contributed by atoms with van der Waals surface area (Å²) in [5, 5.41) is 0. The van der Waals surface area contributed by atoms with Crippen LogP contribution in [-0.4, -0.2) is 32.1 Å². The van der Waals surface area contributed by atoms with Crippen LogP contribution in [0.3, 0.4) is 0 Å². The van der Waals surface area contributed by atoms with Gasteiger partial charge < -0.3 is 9.64 Å². The van der Waals surface area contributed by atoms with Gasteiger partial charge in [0.15, 0.2) is 0 Å². The summed E-state index contributed by atoms with van der Waals surface area (Å²) in [6.07, 6.45) is 1.05. The van der Waals surface area contributed by atoms with E-state index in [4.69, 9.17) is 4.74 Å². The number of hydrogen-bond acceptors (Lipinski definition) is 2. The number of fused-ring (bicyclic) bond motifs is 1. The molecule has 2 nitrogen and oxygen atoms in total. The van der Waals surface area contributed by atoms with Crippen molar-refractivity contribution in [1.29, 1.82) is 0 Å². The van der Waals surface area contributed by atoms with E-state index < -0.39 is 0 Å². The molecular weight excluding hydrogens is 234 g/mol. The molecule has 102 valence electrons. The summed E-state index contributed by atoms with van der Waals surface area (Å²) < 4.78 is 6.00. The van der Waals surface area contributed by atoms with Gasteiger partial charge in [-0.25, -0.2) is 0 Å². The maximum atomic E-state index is 6.00. The van der Waals surface area contributed by atoms with Gasteiger partial charge in [-0.2, -0.15) is 0 Å². The lowest BCUT2D eigenvalue weighted by Crippen LogP contribution is -2.15. The van der Waals surface area contributed by atoms with Crippen LogP contribution in [-0.2, 0) is 0 Å². The smallest absolute Gasteiger partial charge is 0.127 e. The largest absolute Gasteiger partial charge is 0.493 e. The molecule has 0 radical (unpaired) electrons. The van der Waals surface area contributed by atoms with Gasteiger partial charge in [0.2, 0.25) is 0 Å². The minimum absolute atomic E-state index is 0.765. The summed E-state index contributed by atoms with van der Waals surface area (Å²) in [5.74, 6) is 1.00. The molecule has 0 aliphatic heterocycles.